The molecule has 0 saturated carbocycles. The van der Waals surface area contributed by atoms with Crippen molar-refractivity contribution in [2.45, 2.75) is 31.6 Å². The summed E-state index contributed by atoms with van der Waals surface area (Å²) in [6.07, 6.45) is 2.06. The highest BCUT2D eigenvalue weighted by Gasteiger charge is 2.36. The maximum Gasteiger partial charge on any atom is 0.265 e. The molecule has 0 radical (unpaired) electrons. The Balaban J connectivity index is 1.42. The lowest BCUT2D eigenvalue weighted by molar-refractivity contribution is -0.119. The number of piperidine rings is 1. The Hall–Kier alpha value is -2.45. The highest BCUT2D eigenvalue weighted by atomic mass is 32.2. The van der Waals surface area contributed by atoms with Gasteiger partial charge in [0.05, 0.1) is 10.6 Å². The number of carbonyl (C=O) groups excluding carboxylic acids is 1. The average Bonchev–Trinajstić information content (AvgIpc) is 2.74. The summed E-state index contributed by atoms with van der Waals surface area (Å²) in [5.74, 6) is 0.545. The molecule has 1 amide bonds. The fraction of sp³-hybridized carbons (Fsp3) is 0.458. The molecule has 2 aromatic rings. The third kappa shape index (κ3) is 4.66. The van der Waals surface area contributed by atoms with Gasteiger partial charge in [0.15, 0.2) is 0 Å². The number of likely N-dealkylation sites (tertiary alicyclic amines) is 1. The Morgan fingerprint density at radius 1 is 1.09 bits per heavy atom. The van der Waals surface area contributed by atoms with Crippen LogP contribution in [-0.2, 0) is 14.8 Å². The van der Waals surface area contributed by atoms with Crippen molar-refractivity contribution in [2.75, 3.05) is 37.0 Å². The largest absolute Gasteiger partial charge is 0.354 e. The van der Waals surface area contributed by atoms with Crippen molar-refractivity contribution in [1.29, 1.82) is 0 Å². The molecule has 0 aromatic heterocycles. The van der Waals surface area contributed by atoms with Gasteiger partial charge in [-0.3, -0.25) is 9.10 Å². The third-order valence-corrected chi connectivity index (χ3v) is 8.00. The molecule has 0 aliphatic carbocycles. The van der Waals surface area contributed by atoms with Crippen molar-refractivity contribution in [2.24, 2.45) is 11.8 Å². The van der Waals surface area contributed by atoms with Crippen LogP contribution >= 0.6 is 0 Å². The molecule has 1 saturated heterocycles. The van der Waals surface area contributed by atoms with Crippen molar-refractivity contribution in [3.8, 4) is 11.1 Å². The van der Waals surface area contributed by atoms with E-state index in [1.807, 2.05) is 0 Å². The van der Waals surface area contributed by atoms with Gasteiger partial charge in [-0.15, -0.1) is 0 Å². The first-order valence-electron chi connectivity index (χ1n) is 11.2. The summed E-state index contributed by atoms with van der Waals surface area (Å²) in [5.41, 5.74) is 1.23. The number of sulfonamides is 1. The van der Waals surface area contributed by atoms with E-state index in [9.17, 15) is 17.6 Å². The smallest absolute Gasteiger partial charge is 0.265 e. The van der Waals surface area contributed by atoms with Crippen LogP contribution in [0.25, 0.3) is 11.1 Å². The molecule has 4 rings (SSSR count). The van der Waals surface area contributed by atoms with Crippen molar-refractivity contribution in [3.63, 3.8) is 0 Å². The molecule has 2 heterocycles. The molecule has 32 heavy (non-hydrogen) atoms. The number of amides is 1. The number of fused-ring (bicyclic) bond motifs is 3. The van der Waals surface area contributed by atoms with Crippen LogP contribution < -0.4 is 9.62 Å². The van der Waals surface area contributed by atoms with E-state index in [1.165, 1.54) is 30.7 Å². The summed E-state index contributed by atoms with van der Waals surface area (Å²) < 4.78 is 41.5. The van der Waals surface area contributed by atoms with E-state index in [-0.39, 0.29) is 17.3 Å². The molecular weight excluding hydrogens is 429 g/mol. The summed E-state index contributed by atoms with van der Waals surface area (Å²) in [6.45, 7) is 7.75. The van der Waals surface area contributed by atoms with E-state index >= 15 is 0 Å². The van der Waals surface area contributed by atoms with Crippen LogP contribution in [0.3, 0.4) is 0 Å². The zero-order valence-electron chi connectivity index (χ0n) is 18.6. The Bertz CT molecular complexity index is 1100. The molecule has 0 bridgehead atoms. The summed E-state index contributed by atoms with van der Waals surface area (Å²) in [7, 11) is -3.92. The average molecular weight is 460 g/mol. The van der Waals surface area contributed by atoms with E-state index < -0.39 is 15.8 Å². The van der Waals surface area contributed by atoms with Gasteiger partial charge in [-0.2, -0.15) is 0 Å². The topological polar surface area (TPSA) is 69.7 Å². The van der Waals surface area contributed by atoms with Crippen LogP contribution in [0.1, 0.15) is 26.7 Å². The minimum atomic E-state index is -3.92. The normalized spacial score (nSPS) is 22.2. The minimum absolute atomic E-state index is 0.0826. The first-order chi connectivity index (χ1) is 15.3. The number of rotatable bonds is 6. The summed E-state index contributed by atoms with van der Waals surface area (Å²) in [4.78, 5) is 15.2. The molecule has 1 N–H and O–H groups in total. The van der Waals surface area contributed by atoms with Gasteiger partial charge in [-0.1, -0.05) is 32.0 Å². The molecule has 2 atom stereocenters. The molecule has 6 nitrogen and oxygen atoms in total. The fourth-order valence-electron chi connectivity index (χ4n) is 4.97. The maximum absolute atomic E-state index is 13.9. The monoisotopic (exact) mass is 459 g/mol. The zero-order valence-corrected chi connectivity index (χ0v) is 19.4. The molecule has 172 valence electrons. The molecule has 0 spiro atoms. The fourth-order valence-corrected chi connectivity index (χ4v) is 6.61. The molecule has 1 fully saturated rings. The number of nitrogens with one attached hydrogen (secondary N) is 1. The lowest BCUT2D eigenvalue weighted by Gasteiger charge is -2.35. The number of hydrogen-bond acceptors (Lipinski definition) is 4. The Labute approximate surface area is 189 Å². The van der Waals surface area contributed by atoms with Gasteiger partial charge in [-0.25, -0.2) is 12.8 Å². The molecule has 8 heteroatoms. The van der Waals surface area contributed by atoms with Gasteiger partial charge in [-0.05, 0) is 55.5 Å². The van der Waals surface area contributed by atoms with Gasteiger partial charge in [0.25, 0.3) is 10.0 Å². The van der Waals surface area contributed by atoms with Gasteiger partial charge in [0.1, 0.15) is 12.4 Å². The number of hydrogen-bond donors (Lipinski definition) is 1. The van der Waals surface area contributed by atoms with Crippen molar-refractivity contribution in [3.05, 3.63) is 48.3 Å². The Kier molecular flexibility index (Phi) is 6.53. The second kappa shape index (κ2) is 9.19. The molecule has 2 aromatic carbocycles. The van der Waals surface area contributed by atoms with Crippen molar-refractivity contribution in [1.82, 2.24) is 10.2 Å². The number of halogens is 1. The van der Waals surface area contributed by atoms with Crippen molar-refractivity contribution >= 4 is 21.6 Å². The summed E-state index contributed by atoms with van der Waals surface area (Å²) >= 11 is 0. The quantitative estimate of drug-likeness (QED) is 0.672. The second-order valence-electron chi connectivity index (χ2n) is 9.08. The van der Waals surface area contributed by atoms with Crippen LogP contribution in [0.15, 0.2) is 47.4 Å². The zero-order chi connectivity index (χ0) is 22.9. The van der Waals surface area contributed by atoms with Crippen LogP contribution in [0.5, 0.6) is 0 Å². The van der Waals surface area contributed by atoms with E-state index in [4.69, 9.17) is 0 Å². The van der Waals surface area contributed by atoms with Crippen molar-refractivity contribution < 1.29 is 17.6 Å². The van der Waals surface area contributed by atoms with Crippen LogP contribution in [0.2, 0.25) is 0 Å². The second-order valence-corrected chi connectivity index (χ2v) is 10.9. The predicted molar refractivity (Wildman–Crippen MR) is 123 cm³/mol. The first kappa shape index (κ1) is 22.7. The number of benzene rings is 2. The molecular formula is C24H30FN3O3S. The maximum atomic E-state index is 13.9. The Morgan fingerprint density at radius 3 is 2.56 bits per heavy atom. The SMILES string of the molecule is C[C@H]1C[C@H](C)CN(CCCNC(=O)CN2c3ccc(F)cc3-c3ccccc3S2(=O)=O)C1. The van der Waals surface area contributed by atoms with Crippen LogP contribution in [0, 0.1) is 17.7 Å². The van der Waals surface area contributed by atoms with Crippen LogP contribution in [-0.4, -0.2) is 51.9 Å². The summed E-state index contributed by atoms with van der Waals surface area (Å²) in [5, 5.41) is 2.85. The highest BCUT2D eigenvalue weighted by molar-refractivity contribution is 7.93. The van der Waals surface area contributed by atoms with E-state index in [0.29, 0.717) is 35.2 Å². The minimum Gasteiger partial charge on any atom is -0.354 e. The standard InChI is InChI=1S/C24H30FN3O3S/c1-17-12-18(2)15-27(14-17)11-5-10-26-24(29)16-28-22-9-8-19(25)13-21(22)20-6-3-4-7-23(20)32(28,30)31/h3-4,6-9,13,17-18H,5,10-12,14-16H2,1-2H3,(H,26,29)/t17-,18-/m0/s1. The Morgan fingerprint density at radius 2 is 1.81 bits per heavy atom. The summed E-state index contributed by atoms with van der Waals surface area (Å²) in [6, 6.07) is 10.4. The van der Waals surface area contributed by atoms with Gasteiger partial charge >= 0.3 is 0 Å². The lowest BCUT2D eigenvalue weighted by atomic mass is 9.92. The van der Waals surface area contributed by atoms with Gasteiger partial charge in [0, 0.05) is 30.8 Å². The highest BCUT2D eigenvalue weighted by Crippen LogP contribution is 2.42. The number of anilines is 1. The van der Waals surface area contributed by atoms with Crippen LogP contribution in [0.4, 0.5) is 10.1 Å². The lowest BCUT2D eigenvalue weighted by Crippen LogP contribution is -2.43. The first-order valence-corrected chi connectivity index (χ1v) is 12.6. The molecule has 2 aliphatic rings. The number of nitrogens with zero attached hydrogens (tertiary/aromatic N) is 2. The van der Waals surface area contributed by atoms with Gasteiger partial charge in [0.2, 0.25) is 5.91 Å². The molecule has 2 aliphatic heterocycles. The van der Waals surface area contributed by atoms with Gasteiger partial charge < -0.3 is 10.2 Å². The molecule has 0 unspecified atom stereocenters. The van der Waals surface area contributed by atoms with E-state index in [1.54, 1.807) is 18.2 Å². The predicted octanol–water partition coefficient (Wildman–Crippen LogP) is 3.49. The third-order valence-electron chi connectivity index (χ3n) is 6.18. The van der Waals surface area contributed by atoms with E-state index in [0.717, 1.165) is 30.4 Å². The van der Waals surface area contributed by atoms with E-state index in [2.05, 4.69) is 24.1 Å². The number of carbonyl (C=O) groups is 1.